The number of anilines is 1. The van der Waals surface area contributed by atoms with Gasteiger partial charge >= 0.3 is 0 Å². The van der Waals surface area contributed by atoms with Gasteiger partial charge in [-0.2, -0.15) is 11.8 Å². The molecule has 2 rings (SSSR count). The van der Waals surface area contributed by atoms with E-state index in [0.717, 1.165) is 5.56 Å². The Labute approximate surface area is 140 Å². The van der Waals surface area contributed by atoms with Crippen LogP contribution in [0, 0.1) is 0 Å². The molecule has 0 aromatic heterocycles. The number of para-hydroxylation sites is 1. The summed E-state index contributed by atoms with van der Waals surface area (Å²) < 4.78 is 0. The lowest BCUT2D eigenvalue weighted by atomic mass is 10.1. The zero-order chi connectivity index (χ0) is 16.7. The Morgan fingerprint density at radius 3 is 2.39 bits per heavy atom. The fourth-order valence-corrected chi connectivity index (χ4v) is 2.54. The van der Waals surface area contributed by atoms with Crippen molar-refractivity contribution in [3.05, 3.63) is 65.7 Å². The Balaban J connectivity index is 2.11. The Bertz CT molecular complexity index is 674. The van der Waals surface area contributed by atoms with Gasteiger partial charge in [0, 0.05) is 0 Å². The minimum Gasteiger partial charge on any atom is -0.345 e. The first-order valence-electron chi connectivity index (χ1n) is 7.35. The molecule has 1 unspecified atom stereocenters. The van der Waals surface area contributed by atoms with E-state index in [1.165, 1.54) is 11.8 Å². The van der Waals surface area contributed by atoms with Crippen molar-refractivity contribution < 1.29 is 9.59 Å². The van der Waals surface area contributed by atoms with Crippen LogP contribution in [0.5, 0.6) is 0 Å². The SMILES string of the molecule is CSCC(=O)Nc1ccccc1C(=O)NC(C)c1ccccc1. The molecule has 0 spiro atoms. The fourth-order valence-electron chi connectivity index (χ4n) is 2.21. The summed E-state index contributed by atoms with van der Waals surface area (Å²) >= 11 is 1.44. The molecule has 2 aromatic rings. The Kier molecular flexibility index (Phi) is 6.23. The summed E-state index contributed by atoms with van der Waals surface area (Å²) in [6.07, 6.45) is 1.86. The van der Waals surface area contributed by atoms with Gasteiger partial charge in [0.15, 0.2) is 0 Å². The fraction of sp³-hybridized carbons (Fsp3) is 0.222. The molecule has 0 saturated carbocycles. The predicted octanol–water partition coefficient (Wildman–Crippen LogP) is 3.48. The molecule has 2 N–H and O–H groups in total. The van der Waals surface area contributed by atoms with E-state index in [-0.39, 0.29) is 17.9 Å². The maximum atomic E-state index is 12.5. The van der Waals surface area contributed by atoms with Crippen LogP contribution in [0.2, 0.25) is 0 Å². The number of benzene rings is 2. The van der Waals surface area contributed by atoms with Crippen LogP contribution in [0.1, 0.15) is 28.9 Å². The third-order valence-electron chi connectivity index (χ3n) is 3.37. The maximum Gasteiger partial charge on any atom is 0.253 e. The molecule has 0 heterocycles. The van der Waals surface area contributed by atoms with Gasteiger partial charge in [0.25, 0.3) is 5.91 Å². The first-order chi connectivity index (χ1) is 11.1. The summed E-state index contributed by atoms with van der Waals surface area (Å²) in [5.74, 6) is 0.0337. The number of hydrogen-bond acceptors (Lipinski definition) is 3. The second kappa shape index (κ2) is 8.39. The average Bonchev–Trinajstić information content (AvgIpc) is 2.56. The zero-order valence-corrected chi connectivity index (χ0v) is 14.0. The highest BCUT2D eigenvalue weighted by atomic mass is 32.2. The van der Waals surface area contributed by atoms with Crippen LogP contribution < -0.4 is 10.6 Å². The first kappa shape index (κ1) is 17.1. The van der Waals surface area contributed by atoms with Crippen molar-refractivity contribution in [1.29, 1.82) is 0 Å². The van der Waals surface area contributed by atoms with E-state index in [0.29, 0.717) is 17.0 Å². The van der Waals surface area contributed by atoms with Crippen molar-refractivity contribution in [2.24, 2.45) is 0 Å². The molecule has 0 aliphatic carbocycles. The summed E-state index contributed by atoms with van der Waals surface area (Å²) in [6, 6.07) is 16.7. The molecular formula is C18H20N2O2S. The van der Waals surface area contributed by atoms with Gasteiger partial charge < -0.3 is 10.6 Å². The van der Waals surface area contributed by atoms with E-state index in [9.17, 15) is 9.59 Å². The van der Waals surface area contributed by atoms with E-state index in [1.54, 1.807) is 24.3 Å². The first-order valence-corrected chi connectivity index (χ1v) is 8.75. The molecule has 1 atom stereocenters. The topological polar surface area (TPSA) is 58.2 Å². The summed E-state index contributed by atoms with van der Waals surface area (Å²) in [4.78, 5) is 24.3. The second-order valence-electron chi connectivity index (χ2n) is 5.13. The summed E-state index contributed by atoms with van der Waals surface area (Å²) in [5, 5.41) is 5.75. The predicted molar refractivity (Wildman–Crippen MR) is 95.8 cm³/mol. The standard InChI is InChI=1S/C18H20N2O2S/c1-13(14-8-4-3-5-9-14)19-18(22)15-10-6-7-11-16(15)20-17(21)12-23-2/h3-11,13H,12H2,1-2H3,(H,19,22)(H,20,21). The molecule has 23 heavy (non-hydrogen) atoms. The number of carbonyl (C=O) groups excluding carboxylic acids is 2. The number of carbonyl (C=O) groups is 2. The molecule has 0 fully saturated rings. The lowest BCUT2D eigenvalue weighted by Gasteiger charge is -2.16. The van der Waals surface area contributed by atoms with Crippen molar-refractivity contribution in [2.45, 2.75) is 13.0 Å². The Morgan fingerprint density at radius 1 is 1.04 bits per heavy atom. The quantitative estimate of drug-likeness (QED) is 0.853. The van der Waals surface area contributed by atoms with Gasteiger partial charge in [-0.15, -0.1) is 0 Å². The van der Waals surface area contributed by atoms with Gasteiger partial charge in [-0.25, -0.2) is 0 Å². The lowest BCUT2D eigenvalue weighted by molar-refractivity contribution is -0.113. The Hall–Kier alpha value is -2.27. The van der Waals surface area contributed by atoms with Gasteiger partial charge in [0.1, 0.15) is 0 Å². The molecule has 0 aliphatic heterocycles. The second-order valence-corrected chi connectivity index (χ2v) is 6.00. The van der Waals surface area contributed by atoms with Crippen LogP contribution >= 0.6 is 11.8 Å². The number of thioether (sulfide) groups is 1. The minimum atomic E-state index is -0.207. The van der Waals surface area contributed by atoms with Gasteiger partial charge in [0.05, 0.1) is 23.0 Å². The van der Waals surface area contributed by atoms with E-state index in [2.05, 4.69) is 10.6 Å². The average molecular weight is 328 g/mol. The summed E-state index contributed by atoms with van der Waals surface area (Å²) in [6.45, 7) is 1.93. The Morgan fingerprint density at radius 2 is 1.70 bits per heavy atom. The van der Waals surface area contributed by atoms with E-state index in [1.807, 2.05) is 43.5 Å². The molecule has 0 aliphatic rings. The molecular weight excluding hydrogens is 308 g/mol. The van der Waals surface area contributed by atoms with Gasteiger partial charge in [0.2, 0.25) is 5.91 Å². The molecule has 5 heteroatoms. The molecule has 120 valence electrons. The normalized spacial score (nSPS) is 11.6. The van der Waals surface area contributed by atoms with Crippen molar-refractivity contribution >= 4 is 29.3 Å². The van der Waals surface area contributed by atoms with E-state index >= 15 is 0 Å². The van der Waals surface area contributed by atoms with Gasteiger partial charge in [-0.1, -0.05) is 42.5 Å². The minimum absolute atomic E-state index is 0.112. The highest BCUT2D eigenvalue weighted by molar-refractivity contribution is 7.99. The maximum absolute atomic E-state index is 12.5. The molecule has 0 bridgehead atoms. The van der Waals surface area contributed by atoms with Crippen LogP contribution in [-0.4, -0.2) is 23.8 Å². The molecule has 4 nitrogen and oxygen atoms in total. The largest absolute Gasteiger partial charge is 0.345 e. The van der Waals surface area contributed by atoms with Crippen LogP contribution in [0.4, 0.5) is 5.69 Å². The van der Waals surface area contributed by atoms with Crippen molar-refractivity contribution in [3.8, 4) is 0 Å². The van der Waals surface area contributed by atoms with Crippen LogP contribution in [0.3, 0.4) is 0 Å². The van der Waals surface area contributed by atoms with E-state index < -0.39 is 0 Å². The van der Waals surface area contributed by atoms with Crippen molar-refractivity contribution in [1.82, 2.24) is 5.32 Å². The van der Waals surface area contributed by atoms with Crippen LogP contribution in [-0.2, 0) is 4.79 Å². The van der Waals surface area contributed by atoms with Crippen LogP contribution in [0.15, 0.2) is 54.6 Å². The summed E-state index contributed by atoms with van der Waals surface area (Å²) in [7, 11) is 0. The number of amides is 2. The highest BCUT2D eigenvalue weighted by Gasteiger charge is 2.15. The monoisotopic (exact) mass is 328 g/mol. The third-order valence-corrected chi connectivity index (χ3v) is 3.92. The third kappa shape index (κ3) is 4.86. The number of rotatable bonds is 6. The van der Waals surface area contributed by atoms with Crippen molar-refractivity contribution in [2.75, 3.05) is 17.3 Å². The van der Waals surface area contributed by atoms with Crippen molar-refractivity contribution in [3.63, 3.8) is 0 Å². The number of nitrogens with one attached hydrogen (secondary N) is 2. The zero-order valence-electron chi connectivity index (χ0n) is 13.2. The van der Waals surface area contributed by atoms with Crippen LogP contribution in [0.25, 0.3) is 0 Å². The summed E-state index contributed by atoms with van der Waals surface area (Å²) in [5.41, 5.74) is 2.03. The number of hydrogen-bond donors (Lipinski definition) is 2. The van der Waals surface area contributed by atoms with Gasteiger partial charge in [-0.05, 0) is 30.9 Å². The molecule has 2 amide bonds. The molecule has 2 aromatic carbocycles. The smallest absolute Gasteiger partial charge is 0.253 e. The van der Waals surface area contributed by atoms with E-state index in [4.69, 9.17) is 0 Å². The van der Waals surface area contributed by atoms with Gasteiger partial charge in [-0.3, -0.25) is 9.59 Å². The molecule has 0 radical (unpaired) electrons. The molecule has 0 saturated heterocycles. The lowest BCUT2D eigenvalue weighted by Crippen LogP contribution is -2.28. The highest BCUT2D eigenvalue weighted by Crippen LogP contribution is 2.18.